The molecule has 5 aromatic rings. The first-order valence-corrected chi connectivity index (χ1v) is 30.1. The quantitative estimate of drug-likeness (QED) is 0.0300. The smallest absolute Gasteiger partial charge is 0.469 e. The Morgan fingerprint density at radius 1 is 0.648 bits per heavy atom. The van der Waals surface area contributed by atoms with Gasteiger partial charge in [0.25, 0.3) is 0 Å². The Balaban J connectivity index is 1.10. The molecule has 2 aliphatic carbocycles. The molecule has 0 spiro atoms. The fourth-order valence-corrected chi connectivity index (χ4v) is 11.9. The van der Waals surface area contributed by atoms with E-state index in [4.69, 9.17) is 52.1 Å². The molecule has 4 aliphatic rings. The van der Waals surface area contributed by atoms with Crippen molar-refractivity contribution in [3.05, 3.63) is 192 Å². The highest BCUT2D eigenvalue weighted by Gasteiger charge is 2.56. The number of benzene rings is 5. The largest absolute Gasteiger partial charge is 0.471 e. The molecule has 8 unspecified atom stereocenters. The van der Waals surface area contributed by atoms with E-state index in [9.17, 15) is 37.5 Å². The summed E-state index contributed by atoms with van der Waals surface area (Å²) in [6.45, 7) is 5.39. The number of amides is 1. The van der Waals surface area contributed by atoms with Crippen molar-refractivity contribution in [2.24, 2.45) is 17.8 Å². The molecule has 1 amide bonds. The summed E-state index contributed by atoms with van der Waals surface area (Å²) in [4.78, 5) is 55.2. The number of carbonyl (C=O) groups excluding carboxylic acids is 4. The van der Waals surface area contributed by atoms with Crippen molar-refractivity contribution in [2.75, 3.05) is 13.7 Å². The Morgan fingerprint density at radius 2 is 1.18 bits per heavy atom. The van der Waals surface area contributed by atoms with E-state index < -0.39 is 128 Å². The molecule has 0 aromatic heterocycles. The lowest BCUT2D eigenvalue weighted by atomic mass is 9.77. The van der Waals surface area contributed by atoms with Gasteiger partial charge in [0.2, 0.25) is 0 Å². The third-order valence-corrected chi connectivity index (χ3v) is 16.6. The molecule has 2 heterocycles. The molecule has 2 saturated carbocycles. The van der Waals surface area contributed by atoms with E-state index in [2.05, 4.69) is 6.58 Å². The van der Waals surface area contributed by atoms with Crippen molar-refractivity contribution in [2.45, 2.75) is 171 Å². The summed E-state index contributed by atoms with van der Waals surface area (Å²) in [5.74, 6) is -6.63. The van der Waals surface area contributed by atoms with E-state index in [0.29, 0.717) is 18.4 Å². The molecule has 472 valence electrons. The van der Waals surface area contributed by atoms with Crippen LogP contribution in [0.1, 0.15) is 90.9 Å². The summed E-state index contributed by atoms with van der Waals surface area (Å²) in [5, 5.41) is 14.5. The number of hydrogen-bond donors (Lipinski definition) is 2. The standard InChI is InChI=1S/C68H78F3NO16/c1-4-49-36-51(62(74)78-3)37-52(58(49)88-66-61(81-40-47-29-17-8-18-30-47)60(80-39-46-27-15-7-16-28-46)57(43(2)84-66)79-38-45-25-13-6-14-26-45)86-65-55(72-67(77)68(69,70)71)59(56(73)54(87-65)42-83-63(75)50-33-21-10-22-34-50)85-53(35-44-23-11-5-12-24-44)64(76)82-41-48-31-19-9-20-32-48/h4,6-10,13-22,25-34,43-44,49,51-61,65-66,73H,1,5,11-12,23-24,35-42H2,2-3H3,(H,72,77)/t43-,49?,51?,52+,53-,54?,55+,56-,57?,58?,59?,60?,61-,65+,66?/m0/s1. The lowest BCUT2D eigenvalue weighted by Crippen LogP contribution is -2.68. The van der Waals surface area contributed by atoms with Gasteiger partial charge in [0.05, 0.1) is 56.7 Å². The first-order chi connectivity index (χ1) is 42.6. The summed E-state index contributed by atoms with van der Waals surface area (Å²) >= 11 is 0. The summed E-state index contributed by atoms with van der Waals surface area (Å²) < 4.78 is 115. The zero-order valence-corrected chi connectivity index (χ0v) is 49.4. The normalized spacial score (nSPS) is 27.9. The van der Waals surface area contributed by atoms with Crippen LogP contribution in [0.4, 0.5) is 13.2 Å². The second-order valence-corrected chi connectivity index (χ2v) is 22.8. The lowest BCUT2D eigenvalue weighted by molar-refractivity contribution is -0.350. The molecule has 0 bridgehead atoms. The molecular formula is C68H78F3NO16. The predicted octanol–water partition coefficient (Wildman–Crippen LogP) is 10.1. The van der Waals surface area contributed by atoms with Crippen LogP contribution in [-0.4, -0.2) is 128 Å². The van der Waals surface area contributed by atoms with Gasteiger partial charge in [-0.25, -0.2) is 9.59 Å². The van der Waals surface area contributed by atoms with Gasteiger partial charge in [-0.1, -0.05) is 178 Å². The van der Waals surface area contributed by atoms with Crippen LogP contribution in [0.15, 0.2) is 164 Å². The predicted molar refractivity (Wildman–Crippen MR) is 313 cm³/mol. The summed E-state index contributed by atoms with van der Waals surface area (Å²) in [6.07, 6.45) is -16.5. The second-order valence-electron chi connectivity index (χ2n) is 22.8. The fourth-order valence-electron chi connectivity index (χ4n) is 11.9. The highest BCUT2D eigenvalue weighted by molar-refractivity contribution is 5.89. The van der Waals surface area contributed by atoms with Gasteiger partial charge in [-0.05, 0) is 66.5 Å². The Bertz CT molecular complexity index is 2960. The summed E-state index contributed by atoms with van der Waals surface area (Å²) in [6, 6.07) is 43.2. The molecule has 15 atom stereocenters. The maximum Gasteiger partial charge on any atom is 0.471 e. The molecule has 2 aliphatic heterocycles. The number of aliphatic hydroxyl groups excluding tert-OH is 1. The Labute approximate surface area is 511 Å². The molecule has 0 radical (unpaired) electrons. The average Bonchev–Trinajstić information content (AvgIpc) is 2.06. The molecule has 88 heavy (non-hydrogen) atoms. The SMILES string of the molecule is C=CC1CC(C(=O)OC)C[C@@H](O[C@@H]2OC(COC(=O)c3ccccc3)[C@H](O)C(O[C@@H](CC3CCCCC3)C(=O)OCc3ccccc3)[C@H]2NC(=O)C(F)(F)F)C1OC1O[C@@H](C)C(OCc2ccccc2)C(OCc2ccccc2)[C@@H]1OCc1ccccc1. The minimum atomic E-state index is -5.51. The van der Waals surface area contributed by atoms with Crippen LogP contribution in [0.2, 0.25) is 0 Å². The monoisotopic (exact) mass is 1220 g/mol. The number of hydrogen-bond acceptors (Lipinski definition) is 16. The van der Waals surface area contributed by atoms with Crippen molar-refractivity contribution >= 4 is 23.8 Å². The number of alkyl halides is 3. The maximum absolute atomic E-state index is 14.8. The lowest BCUT2D eigenvalue weighted by Gasteiger charge is -2.50. The van der Waals surface area contributed by atoms with Gasteiger partial charge in [-0.3, -0.25) is 9.59 Å². The molecule has 4 fully saturated rings. The number of nitrogens with one attached hydrogen (secondary N) is 1. The molecule has 17 nitrogen and oxygen atoms in total. The number of methoxy groups -OCH3 is 1. The number of halogens is 3. The van der Waals surface area contributed by atoms with Gasteiger partial charge >= 0.3 is 30.0 Å². The fraction of sp³-hybridized carbons (Fsp3) is 0.471. The zero-order chi connectivity index (χ0) is 62.0. The van der Waals surface area contributed by atoms with Gasteiger partial charge in [0.1, 0.15) is 55.9 Å². The van der Waals surface area contributed by atoms with E-state index in [1.807, 2.05) is 103 Å². The number of rotatable bonds is 26. The van der Waals surface area contributed by atoms with Crippen LogP contribution in [0.5, 0.6) is 0 Å². The summed E-state index contributed by atoms with van der Waals surface area (Å²) in [5.41, 5.74) is 3.33. The van der Waals surface area contributed by atoms with Gasteiger partial charge in [-0.2, -0.15) is 13.2 Å². The zero-order valence-electron chi connectivity index (χ0n) is 49.4. The number of esters is 3. The Kier molecular flexibility index (Phi) is 23.9. The van der Waals surface area contributed by atoms with E-state index in [1.54, 1.807) is 54.6 Å². The van der Waals surface area contributed by atoms with E-state index >= 15 is 0 Å². The van der Waals surface area contributed by atoms with Gasteiger partial charge in [-0.15, -0.1) is 6.58 Å². The van der Waals surface area contributed by atoms with Crippen molar-refractivity contribution in [3.8, 4) is 0 Å². The van der Waals surface area contributed by atoms with E-state index in [1.165, 1.54) is 19.2 Å². The Morgan fingerprint density at radius 3 is 1.73 bits per heavy atom. The highest BCUT2D eigenvalue weighted by atomic mass is 19.4. The van der Waals surface area contributed by atoms with E-state index in [-0.39, 0.29) is 57.2 Å². The van der Waals surface area contributed by atoms with Crippen LogP contribution < -0.4 is 5.32 Å². The molecule has 2 N–H and O–H groups in total. The van der Waals surface area contributed by atoms with Crippen LogP contribution in [0, 0.1) is 17.8 Å². The summed E-state index contributed by atoms with van der Waals surface area (Å²) in [7, 11) is 1.22. The molecular weight excluding hydrogens is 1140 g/mol. The maximum atomic E-state index is 14.8. The minimum Gasteiger partial charge on any atom is -0.469 e. The number of aliphatic hydroxyl groups is 1. The average molecular weight is 1220 g/mol. The van der Waals surface area contributed by atoms with Crippen LogP contribution in [-0.2, 0) is 92.9 Å². The van der Waals surface area contributed by atoms with Crippen LogP contribution in [0.25, 0.3) is 0 Å². The molecule has 2 saturated heterocycles. The van der Waals surface area contributed by atoms with Gasteiger partial charge in [0.15, 0.2) is 18.7 Å². The van der Waals surface area contributed by atoms with E-state index in [0.717, 1.165) is 36.0 Å². The van der Waals surface area contributed by atoms with Crippen LogP contribution in [0.3, 0.4) is 0 Å². The van der Waals surface area contributed by atoms with Gasteiger partial charge in [0, 0.05) is 5.92 Å². The number of carbonyl (C=O) groups is 4. The first kappa shape index (κ1) is 65.6. The third kappa shape index (κ3) is 17.9. The Hall–Kier alpha value is -6.85. The highest BCUT2D eigenvalue weighted by Crippen LogP contribution is 2.41. The van der Waals surface area contributed by atoms with Crippen molar-refractivity contribution in [3.63, 3.8) is 0 Å². The second kappa shape index (κ2) is 32.1. The topological polar surface area (TPSA) is 202 Å². The minimum absolute atomic E-state index is 0.0404. The first-order valence-electron chi connectivity index (χ1n) is 30.1. The van der Waals surface area contributed by atoms with Gasteiger partial charge < -0.3 is 62.5 Å². The molecule has 5 aromatic carbocycles. The number of ether oxygens (including phenoxy) is 11. The van der Waals surface area contributed by atoms with Crippen molar-refractivity contribution in [1.29, 1.82) is 0 Å². The molecule has 9 rings (SSSR count). The van der Waals surface area contributed by atoms with Crippen molar-refractivity contribution < 1.29 is 89.6 Å². The molecule has 20 heteroatoms. The van der Waals surface area contributed by atoms with Crippen LogP contribution >= 0.6 is 0 Å². The van der Waals surface area contributed by atoms with Crippen molar-refractivity contribution in [1.82, 2.24) is 5.32 Å². The third-order valence-electron chi connectivity index (χ3n) is 16.6.